The van der Waals surface area contributed by atoms with Crippen LogP contribution in [0.2, 0.25) is 0 Å². The fourth-order valence-corrected chi connectivity index (χ4v) is 1.43. The summed E-state index contributed by atoms with van der Waals surface area (Å²) in [4.78, 5) is 2.44. The Balaban J connectivity index is 4.21. The molecule has 0 aromatic carbocycles. The van der Waals surface area contributed by atoms with Gasteiger partial charge in [-0.15, -0.1) is 0 Å². The average molecular weight is 200 g/mol. The number of nitrogens with two attached hydrogens (primary N) is 1. The highest BCUT2D eigenvalue weighted by molar-refractivity contribution is 4.80. The molecule has 0 spiro atoms. The lowest BCUT2D eigenvalue weighted by molar-refractivity contribution is 0.116. The van der Waals surface area contributed by atoms with Crippen LogP contribution in [0, 0.1) is 11.8 Å². The molecule has 14 heavy (non-hydrogen) atoms. The van der Waals surface area contributed by atoms with Crippen molar-refractivity contribution in [1.29, 1.82) is 0 Å². The van der Waals surface area contributed by atoms with E-state index in [1.165, 1.54) is 6.42 Å². The van der Waals surface area contributed by atoms with Gasteiger partial charge in [-0.25, -0.2) is 0 Å². The van der Waals surface area contributed by atoms with E-state index in [0.29, 0.717) is 17.4 Å². The predicted octanol–water partition coefficient (Wildman–Crippen LogP) is 2.34. The van der Waals surface area contributed by atoms with E-state index in [2.05, 4.69) is 46.6 Å². The van der Waals surface area contributed by atoms with E-state index < -0.39 is 0 Å². The van der Waals surface area contributed by atoms with E-state index in [9.17, 15) is 0 Å². The van der Waals surface area contributed by atoms with Gasteiger partial charge in [-0.1, -0.05) is 20.8 Å². The molecule has 0 aromatic heterocycles. The van der Waals surface area contributed by atoms with E-state index in [-0.39, 0.29) is 0 Å². The van der Waals surface area contributed by atoms with Crippen molar-refractivity contribution in [3.63, 3.8) is 0 Å². The Kier molecular flexibility index (Phi) is 5.68. The summed E-state index contributed by atoms with van der Waals surface area (Å²) in [7, 11) is 2.20. The highest BCUT2D eigenvalue weighted by Gasteiger charge is 2.24. The van der Waals surface area contributed by atoms with E-state index in [0.717, 1.165) is 13.1 Å². The minimum Gasteiger partial charge on any atom is -0.330 e. The van der Waals surface area contributed by atoms with Crippen LogP contribution in [0.1, 0.15) is 41.0 Å². The molecule has 0 amide bonds. The average Bonchev–Trinajstić information content (AvgIpc) is 2.12. The molecule has 0 radical (unpaired) electrons. The maximum atomic E-state index is 5.78. The Morgan fingerprint density at radius 2 is 1.79 bits per heavy atom. The molecule has 2 nitrogen and oxygen atoms in total. The van der Waals surface area contributed by atoms with Crippen molar-refractivity contribution in [2.75, 3.05) is 20.1 Å². The van der Waals surface area contributed by atoms with Crippen molar-refractivity contribution in [2.45, 2.75) is 46.6 Å². The Hall–Kier alpha value is -0.0800. The zero-order chi connectivity index (χ0) is 11.4. The first-order valence-corrected chi connectivity index (χ1v) is 5.76. The summed E-state index contributed by atoms with van der Waals surface area (Å²) in [5.41, 5.74) is 6.07. The Labute approximate surface area is 89.9 Å². The molecule has 2 N–H and O–H groups in total. The summed E-state index contributed by atoms with van der Waals surface area (Å²) in [6.45, 7) is 13.2. The summed E-state index contributed by atoms with van der Waals surface area (Å²) < 4.78 is 0. The standard InChI is InChI=1S/C12H28N2/c1-7-12(4,5)14(6)9-11(8-13)10(2)3/h10-11H,7-9,13H2,1-6H3. The predicted molar refractivity (Wildman–Crippen MR) is 64.4 cm³/mol. The summed E-state index contributed by atoms with van der Waals surface area (Å²) in [5, 5.41) is 0. The van der Waals surface area contributed by atoms with Crippen molar-refractivity contribution >= 4 is 0 Å². The van der Waals surface area contributed by atoms with Gasteiger partial charge in [0.25, 0.3) is 0 Å². The fourth-order valence-electron chi connectivity index (χ4n) is 1.43. The minimum atomic E-state index is 0.294. The molecule has 0 saturated carbocycles. The molecule has 0 aliphatic heterocycles. The number of hydrogen-bond acceptors (Lipinski definition) is 2. The molecule has 2 heteroatoms. The molecule has 0 heterocycles. The molecule has 0 rings (SSSR count). The van der Waals surface area contributed by atoms with Gasteiger partial charge < -0.3 is 10.6 Å². The van der Waals surface area contributed by atoms with Crippen molar-refractivity contribution in [2.24, 2.45) is 17.6 Å². The van der Waals surface area contributed by atoms with Crippen molar-refractivity contribution in [3.05, 3.63) is 0 Å². The second kappa shape index (κ2) is 5.72. The lowest BCUT2D eigenvalue weighted by Gasteiger charge is -2.38. The van der Waals surface area contributed by atoms with Gasteiger partial charge in [-0.05, 0) is 45.7 Å². The van der Waals surface area contributed by atoms with Gasteiger partial charge in [-0.3, -0.25) is 0 Å². The topological polar surface area (TPSA) is 29.3 Å². The minimum absolute atomic E-state index is 0.294. The van der Waals surface area contributed by atoms with Gasteiger partial charge >= 0.3 is 0 Å². The Bertz CT molecular complexity index is 152. The van der Waals surface area contributed by atoms with Crippen LogP contribution in [0.15, 0.2) is 0 Å². The largest absolute Gasteiger partial charge is 0.330 e. The highest BCUT2D eigenvalue weighted by Crippen LogP contribution is 2.20. The first-order chi connectivity index (χ1) is 6.35. The van der Waals surface area contributed by atoms with Gasteiger partial charge in [0.2, 0.25) is 0 Å². The lowest BCUT2D eigenvalue weighted by Crippen LogP contribution is -2.45. The third-order valence-corrected chi connectivity index (χ3v) is 3.65. The van der Waals surface area contributed by atoms with Crippen LogP contribution in [0.3, 0.4) is 0 Å². The molecule has 0 bridgehead atoms. The monoisotopic (exact) mass is 200 g/mol. The van der Waals surface area contributed by atoms with Gasteiger partial charge in [0.1, 0.15) is 0 Å². The normalized spacial score (nSPS) is 15.2. The first kappa shape index (κ1) is 13.9. The molecule has 0 saturated heterocycles. The molecule has 1 atom stereocenters. The van der Waals surface area contributed by atoms with Gasteiger partial charge in [0, 0.05) is 12.1 Å². The molecule has 1 unspecified atom stereocenters. The van der Waals surface area contributed by atoms with Crippen LogP contribution < -0.4 is 5.73 Å². The molecular weight excluding hydrogens is 172 g/mol. The maximum absolute atomic E-state index is 5.78. The summed E-state index contributed by atoms with van der Waals surface area (Å²) in [6, 6.07) is 0. The van der Waals surface area contributed by atoms with Crippen molar-refractivity contribution in [3.8, 4) is 0 Å². The van der Waals surface area contributed by atoms with E-state index in [4.69, 9.17) is 5.73 Å². The summed E-state index contributed by atoms with van der Waals surface area (Å²) >= 11 is 0. The van der Waals surface area contributed by atoms with Crippen molar-refractivity contribution < 1.29 is 0 Å². The number of rotatable bonds is 6. The third kappa shape index (κ3) is 3.97. The zero-order valence-electron chi connectivity index (χ0n) is 10.8. The number of nitrogens with zero attached hydrogens (tertiary/aromatic N) is 1. The summed E-state index contributed by atoms with van der Waals surface area (Å²) in [5.74, 6) is 1.29. The Morgan fingerprint density at radius 1 is 1.29 bits per heavy atom. The maximum Gasteiger partial charge on any atom is 0.0147 e. The zero-order valence-corrected chi connectivity index (χ0v) is 10.8. The number of hydrogen-bond donors (Lipinski definition) is 1. The van der Waals surface area contributed by atoms with Crippen LogP contribution in [0.5, 0.6) is 0 Å². The third-order valence-electron chi connectivity index (χ3n) is 3.65. The van der Waals surface area contributed by atoms with E-state index in [1.807, 2.05) is 0 Å². The molecule has 0 aromatic rings. The van der Waals surface area contributed by atoms with Gasteiger partial charge in [-0.2, -0.15) is 0 Å². The fraction of sp³-hybridized carbons (Fsp3) is 1.00. The smallest absolute Gasteiger partial charge is 0.0147 e. The second-order valence-corrected chi connectivity index (χ2v) is 5.29. The highest BCUT2D eigenvalue weighted by atomic mass is 15.2. The van der Waals surface area contributed by atoms with E-state index >= 15 is 0 Å². The van der Waals surface area contributed by atoms with Crippen molar-refractivity contribution in [1.82, 2.24) is 4.90 Å². The van der Waals surface area contributed by atoms with Crippen LogP contribution in [0.4, 0.5) is 0 Å². The van der Waals surface area contributed by atoms with Crippen LogP contribution >= 0.6 is 0 Å². The quantitative estimate of drug-likeness (QED) is 0.713. The van der Waals surface area contributed by atoms with Gasteiger partial charge in [0.05, 0.1) is 0 Å². The van der Waals surface area contributed by atoms with Crippen LogP contribution in [0.25, 0.3) is 0 Å². The molecule has 0 fully saturated rings. The summed E-state index contributed by atoms with van der Waals surface area (Å²) in [6.07, 6.45) is 1.18. The molecule has 86 valence electrons. The first-order valence-electron chi connectivity index (χ1n) is 5.76. The van der Waals surface area contributed by atoms with Gasteiger partial charge in [0.15, 0.2) is 0 Å². The molecule has 0 aliphatic carbocycles. The SMILES string of the molecule is CCC(C)(C)N(C)CC(CN)C(C)C. The molecule has 0 aliphatic rings. The van der Waals surface area contributed by atoms with Crippen LogP contribution in [-0.4, -0.2) is 30.6 Å². The van der Waals surface area contributed by atoms with E-state index in [1.54, 1.807) is 0 Å². The Morgan fingerprint density at radius 3 is 2.07 bits per heavy atom. The van der Waals surface area contributed by atoms with Crippen LogP contribution in [-0.2, 0) is 0 Å². The molecular formula is C12H28N2. The second-order valence-electron chi connectivity index (χ2n) is 5.29. The lowest BCUT2D eigenvalue weighted by atomic mass is 9.92.